The van der Waals surface area contributed by atoms with Crippen LogP contribution in [0.1, 0.15) is 19.4 Å². The minimum absolute atomic E-state index is 0.973. The summed E-state index contributed by atoms with van der Waals surface area (Å²) in [6, 6.07) is 9.00. The monoisotopic (exact) mass is 247 g/mol. The first-order valence-electron chi connectivity index (χ1n) is 7.10. The van der Waals surface area contributed by atoms with E-state index in [1.165, 1.54) is 30.9 Å². The molecule has 0 amide bonds. The molecule has 0 atom stereocenters. The molecular weight excluding hydrogens is 222 g/mol. The van der Waals surface area contributed by atoms with Crippen LogP contribution in [0.25, 0.3) is 0 Å². The Labute approximate surface area is 111 Å². The third kappa shape index (κ3) is 3.47. The lowest BCUT2D eigenvalue weighted by atomic mass is 10.1. The van der Waals surface area contributed by atoms with Gasteiger partial charge in [-0.2, -0.15) is 0 Å². The molecule has 1 fully saturated rings. The minimum atomic E-state index is 0.973. The van der Waals surface area contributed by atoms with Gasteiger partial charge in [-0.1, -0.05) is 26.0 Å². The summed E-state index contributed by atoms with van der Waals surface area (Å²) in [5.74, 6) is 0. The molecule has 0 spiro atoms. The molecule has 1 aromatic rings. The van der Waals surface area contributed by atoms with Gasteiger partial charge in [-0.15, -0.1) is 0 Å². The summed E-state index contributed by atoms with van der Waals surface area (Å²) < 4.78 is 0. The van der Waals surface area contributed by atoms with Crippen LogP contribution < -0.4 is 10.2 Å². The first-order valence-corrected chi connectivity index (χ1v) is 7.10. The Balaban J connectivity index is 1.89. The van der Waals surface area contributed by atoms with Gasteiger partial charge >= 0.3 is 0 Å². The Morgan fingerprint density at radius 1 is 1.00 bits per heavy atom. The van der Waals surface area contributed by atoms with Gasteiger partial charge in [0, 0.05) is 38.4 Å². The Kier molecular flexibility index (Phi) is 5.02. The van der Waals surface area contributed by atoms with Gasteiger partial charge in [-0.3, -0.25) is 0 Å². The summed E-state index contributed by atoms with van der Waals surface area (Å²) in [4.78, 5) is 5.00. The fourth-order valence-electron chi connectivity index (χ4n) is 2.42. The van der Waals surface area contributed by atoms with Gasteiger partial charge in [0.2, 0.25) is 0 Å². The second kappa shape index (κ2) is 6.76. The van der Waals surface area contributed by atoms with Crippen molar-refractivity contribution in [1.82, 2.24) is 10.2 Å². The van der Waals surface area contributed by atoms with Crippen molar-refractivity contribution in [2.75, 3.05) is 44.2 Å². The Bertz CT molecular complexity index is 339. The molecule has 3 nitrogen and oxygen atoms in total. The van der Waals surface area contributed by atoms with Crippen LogP contribution >= 0.6 is 0 Å². The molecule has 18 heavy (non-hydrogen) atoms. The number of hydrogen-bond donors (Lipinski definition) is 1. The predicted octanol–water partition coefficient (Wildman–Crippen LogP) is 1.94. The van der Waals surface area contributed by atoms with Crippen LogP contribution in [0.3, 0.4) is 0 Å². The standard InChI is InChI=1S/C15H25N3/c1-3-16-13-14-5-7-15(8-6-14)18-11-9-17(4-2)10-12-18/h5-8,16H,3-4,9-13H2,1-2H3. The van der Waals surface area contributed by atoms with Crippen molar-refractivity contribution in [3.63, 3.8) is 0 Å². The van der Waals surface area contributed by atoms with E-state index in [9.17, 15) is 0 Å². The van der Waals surface area contributed by atoms with E-state index in [1.807, 2.05) is 0 Å². The molecule has 0 bridgehead atoms. The largest absolute Gasteiger partial charge is 0.369 e. The van der Waals surface area contributed by atoms with E-state index in [1.54, 1.807) is 0 Å². The maximum atomic E-state index is 3.36. The fraction of sp³-hybridized carbons (Fsp3) is 0.600. The molecule has 3 heteroatoms. The normalized spacial score (nSPS) is 17.1. The first kappa shape index (κ1) is 13.4. The van der Waals surface area contributed by atoms with Crippen molar-refractivity contribution < 1.29 is 0 Å². The first-order chi connectivity index (χ1) is 8.83. The molecule has 0 radical (unpaired) electrons. The number of rotatable bonds is 5. The topological polar surface area (TPSA) is 18.5 Å². The highest BCUT2D eigenvalue weighted by Gasteiger charge is 2.15. The molecule has 1 aromatic carbocycles. The maximum Gasteiger partial charge on any atom is 0.0367 e. The lowest BCUT2D eigenvalue weighted by Gasteiger charge is -2.35. The summed E-state index contributed by atoms with van der Waals surface area (Å²) in [5, 5.41) is 3.36. The molecule has 1 heterocycles. The summed E-state index contributed by atoms with van der Waals surface area (Å²) >= 11 is 0. The number of piperazine rings is 1. The molecule has 1 saturated heterocycles. The van der Waals surface area contributed by atoms with Crippen LogP contribution in [-0.2, 0) is 6.54 Å². The molecule has 1 aliphatic heterocycles. The SMILES string of the molecule is CCNCc1ccc(N2CCN(CC)CC2)cc1. The van der Waals surface area contributed by atoms with E-state index in [2.05, 4.69) is 53.2 Å². The number of hydrogen-bond acceptors (Lipinski definition) is 3. The van der Waals surface area contributed by atoms with Crippen molar-refractivity contribution in [3.05, 3.63) is 29.8 Å². The highest BCUT2D eigenvalue weighted by molar-refractivity contribution is 5.48. The third-order valence-corrected chi connectivity index (χ3v) is 3.70. The smallest absolute Gasteiger partial charge is 0.0367 e. The lowest BCUT2D eigenvalue weighted by Crippen LogP contribution is -2.46. The zero-order valence-electron chi connectivity index (χ0n) is 11.7. The summed E-state index contributed by atoms with van der Waals surface area (Å²) in [5.41, 5.74) is 2.73. The summed E-state index contributed by atoms with van der Waals surface area (Å²) in [7, 11) is 0. The Morgan fingerprint density at radius 3 is 2.22 bits per heavy atom. The molecule has 0 aromatic heterocycles. The average Bonchev–Trinajstić information content (AvgIpc) is 2.46. The van der Waals surface area contributed by atoms with E-state index < -0.39 is 0 Å². The van der Waals surface area contributed by atoms with Gasteiger partial charge in [0.05, 0.1) is 0 Å². The van der Waals surface area contributed by atoms with Crippen LogP contribution in [0, 0.1) is 0 Å². The third-order valence-electron chi connectivity index (χ3n) is 3.70. The van der Waals surface area contributed by atoms with Gasteiger partial charge in [-0.25, -0.2) is 0 Å². The van der Waals surface area contributed by atoms with Crippen molar-refractivity contribution in [3.8, 4) is 0 Å². The maximum absolute atomic E-state index is 3.36. The van der Waals surface area contributed by atoms with Gasteiger partial charge in [-0.05, 0) is 30.8 Å². The van der Waals surface area contributed by atoms with Crippen molar-refractivity contribution >= 4 is 5.69 Å². The van der Waals surface area contributed by atoms with Crippen LogP contribution in [-0.4, -0.2) is 44.2 Å². The number of nitrogens with one attached hydrogen (secondary N) is 1. The van der Waals surface area contributed by atoms with E-state index in [-0.39, 0.29) is 0 Å². The van der Waals surface area contributed by atoms with Crippen LogP contribution in [0.4, 0.5) is 5.69 Å². The number of likely N-dealkylation sites (N-methyl/N-ethyl adjacent to an activating group) is 1. The van der Waals surface area contributed by atoms with Gasteiger partial charge < -0.3 is 15.1 Å². The molecule has 0 saturated carbocycles. The minimum Gasteiger partial charge on any atom is -0.369 e. The molecule has 0 unspecified atom stereocenters. The number of nitrogens with zero attached hydrogens (tertiary/aromatic N) is 2. The molecule has 1 aliphatic rings. The second-order valence-electron chi connectivity index (χ2n) is 4.87. The molecule has 1 N–H and O–H groups in total. The molecule has 0 aliphatic carbocycles. The second-order valence-corrected chi connectivity index (χ2v) is 4.87. The number of benzene rings is 1. The Hall–Kier alpha value is -1.06. The van der Waals surface area contributed by atoms with Crippen molar-refractivity contribution in [2.45, 2.75) is 20.4 Å². The lowest BCUT2D eigenvalue weighted by molar-refractivity contribution is 0.271. The van der Waals surface area contributed by atoms with Crippen LogP contribution in [0.2, 0.25) is 0 Å². The summed E-state index contributed by atoms with van der Waals surface area (Å²) in [6.45, 7) is 12.2. The zero-order chi connectivity index (χ0) is 12.8. The highest BCUT2D eigenvalue weighted by atomic mass is 15.3. The quantitative estimate of drug-likeness (QED) is 0.858. The molecule has 100 valence electrons. The van der Waals surface area contributed by atoms with Gasteiger partial charge in [0.25, 0.3) is 0 Å². The predicted molar refractivity (Wildman–Crippen MR) is 78.1 cm³/mol. The van der Waals surface area contributed by atoms with Crippen molar-refractivity contribution in [2.24, 2.45) is 0 Å². The van der Waals surface area contributed by atoms with Crippen molar-refractivity contribution in [1.29, 1.82) is 0 Å². The Morgan fingerprint density at radius 2 is 1.67 bits per heavy atom. The highest BCUT2D eigenvalue weighted by Crippen LogP contribution is 2.17. The molecule has 2 rings (SSSR count). The fourth-order valence-corrected chi connectivity index (χ4v) is 2.42. The van der Waals surface area contributed by atoms with Crippen LogP contribution in [0.5, 0.6) is 0 Å². The van der Waals surface area contributed by atoms with Gasteiger partial charge in [0.1, 0.15) is 0 Å². The molecular formula is C15H25N3. The van der Waals surface area contributed by atoms with Crippen LogP contribution in [0.15, 0.2) is 24.3 Å². The van der Waals surface area contributed by atoms with Gasteiger partial charge in [0.15, 0.2) is 0 Å². The van der Waals surface area contributed by atoms with E-state index in [0.29, 0.717) is 0 Å². The average molecular weight is 247 g/mol. The zero-order valence-corrected chi connectivity index (χ0v) is 11.7. The van der Waals surface area contributed by atoms with E-state index in [0.717, 1.165) is 26.2 Å². The number of anilines is 1. The van der Waals surface area contributed by atoms with E-state index >= 15 is 0 Å². The summed E-state index contributed by atoms with van der Waals surface area (Å²) in [6.07, 6.45) is 0. The van der Waals surface area contributed by atoms with E-state index in [4.69, 9.17) is 0 Å².